The highest BCUT2D eigenvalue weighted by atomic mass is 35.5. The zero-order valence-corrected chi connectivity index (χ0v) is 11.3. The molecule has 1 nitrogen and oxygen atoms in total. The molecule has 0 saturated carbocycles. The Bertz CT molecular complexity index is 492. The molecule has 1 unspecified atom stereocenters. The summed E-state index contributed by atoms with van der Waals surface area (Å²) < 4.78 is 0. The maximum absolute atomic E-state index is 6.66. The minimum atomic E-state index is -0.430. The van der Waals surface area contributed by atoms with Crippen LogP contribution in [0, 0.1) is 0 Å². The van der Waals surface area contributed by atoms with Gasteiger partial charge in [-0.05, 0) is 29.7 Å². The quantitative estimate of drug-likeness (QED) is 0.868. The van der Waals surface area contributed by atoms with E-state index in [9.17, 15) is 0 Å². The van der Waals surface area contributed by atoms with Gasteiger partial charge in [-0.2, -0.15) is 0 Å². The Kier molecular flexibility index (Phi) is 4.05. The zero-order chi connectivity index (χ0) is 13.0. The van der Waals surface area contributed by atoms with Crippen molar-refractivity contribution < 1.29 is 0 Å². The van der Waals surface area contributed by atoms with Gasteiger partial charge < -0.3 is 5.73 Å². The van der Waals surface area contributed by atoms with Crippen molar-refractivity contribution >= 4 is 11.6 Å². The number of halogens is 1. The summed E-state index contributed by atoms with van der Waals surface area (Å²) >= 11 is 5.94. The molecule has 0 heterocycles. The lowest BCUT2D eigenvalue weighted by molar-refractivity contribution is 0.485. The molecule has 2 heteroatoms. The summed E-state index contributed by atoms with van der Waals surface area (Å²) in [5.41, 5.74) is 8.49. The standard InChI is InChI=1S/C16H18ClN/c1-2-12-16(18,13-6-4-3-5-7-13)14-8-10-15(17)11-9-14/h3-11H,2,12,18H2,1H3. The van der Waals surface area contributed by atoms with Crippen molar-refractivity contribution in [1.82, 2.24) is 0 Å². The number of rotatable bonds is 4. The first-order valence-corrected chi connectivity index (χ1v) is 6.65. The minimum absolute atomic E-state index is 0.430. The summed E-state index contributed by atoms with van der Waals surface area (Å²) in [6, 6.07) is 18.1. The summed E-state index contributed by atoms with van der Waals surface area (Å²) in [4.78, 5) is 0. The number of nitrogens with two attached hydrogens (primary N) is 1. The first-order chi connectivity index (χ1) is 8.66. The molecule has 0 aliphatic heterocycles. The van der Waals surface area contributed by atoms with E-state index < -0.39 is 5.54 Å². The molecule has 0 saturated heterocycles. The highest BCUT2D eigenvalue weighted by molar-refractivity contribution is 6.30. The van der Waals surface area contributed by atoms with Crippen LogP contribution in [-0.2, 0) is 5.54 Å². The summed E-state index contributed by atoms with van der Waals surface area (Å²) in [5.74, 6) is 0. The number of hydrogen-bond donors (Lipinski definition) is 1. The van der Waals surface area contributed by atoms with E-state index in [1.54, 1.807) is 0 Å². The molecule has 0 aliphatic carbocycles. The molecular weight excluding hydrogens is 242 g/mol. The number of benzene rings is 2. The lowest BCUT2D eigenvalue weighted by atomic mass is 9.80. The highest BCUT2D eigenvalue weighted by Crippen LogP contribution is 2.32. The minimum Gasteiger partial charge on any atom is -0.318 e. The van der Waals surface area contributed by atoms with Gasteiger partial charge in [0.05, 0.1) is 5.54 Å². The molecule has 0 aromatic heterocycles. The molecule has 2 aromatic carbocycles. The van der Waals surface area contributed by atoms with Crippen molar-refractivity contribution in [2.75, 3.05) is 0 Å². The number of hydrogen-bond acceptors (Lipinski definition) is 1. The van der Waals surface area contributed by atoms with Gasteiger partial charge >= 0.3 is 0 Å². The molecule has 94 valence electrons. The van der Waals surface area contributed by atoms with Gasteiger partial charge in [0.2, 0.25) is 0 Å². The molecule has 2 N–H and O–H groups in total. The van der Waals surface area contributed by atoms with Crippen LogP contribution in [0.2, 0.25) is 5.02 Å². The summed E-state index contributed by atoms with van der Waals surface area (Å²) in [6.07, 6.45) is 1.95. The molecule has 2 rings (SSSR count). The molecule has 0 radical (unpaired) electrons. The third-order valence-corrected chi connectivity index (χ3v) is 3.54. The Hall–Kier alpha value is -1.31. The lowest BCUT2D eigenvalue weighted by Crippen LogP contribution is -2.37. The van der Waals surface area contributed by atoms with Crippen LogP contribution in [0.1, 0.15) is 30.9 Å². The van der Waals surface area contributed by atoms with Crippen LogP contribution >= 0.6 is 11.6 Å². The van der Waals surface area contributed by atoms with E-state index in [4.69, 9.17) is 17.3 Å². The van der Waals surface area contributed by atoms with Crippen molar-refractivity contribution in [2.24, 2.45) is 5.73 Å². The predicted molar refractivity (Wildman–Crippen MR) is 77.8 cm³/mol. The SMILES string of the molecule is CCCC(N)(c1ccccc1)c1ccc(Cl)cc1. The predicted octanol–water partition coefficient (Wildman–Crippen LogP) is 4.34. The lowest BCUT2D eigenvalue weighted by Gasteiger charge is -2.30. The Balaban J connectivity index is 2.47. The maximum Gasteiger partial charge on any atom is 0.0665 e. The average molecular weight is 260 g/mol. The van der Waals surface area contributed by atoms with Gasteiger partial charge in [0.25, 0.3) is 0 Å². The Morgan fingerprint density at radius 1 is 0.944 bits per heavy atom. The van der Waals surface area contributed by atoms with Crippen molar-refractivity contribution in [3.8, 4) is 0 Å². The third-order valence-electron chi connectivity index (χ3n) is 3.29. The topological polar surface area (TPSA) is 26.0 Å². The fraction of sp³-hybridized carbons (Fsp3) is 0.250. The average Bonchev–Trinajstić information content (AvgIpc) is 2.40. The van der Waals surface area contributed by atoms with E-state index >= 15 is 0 Å². The molecule has 0 amide bonds. The van der Waals surface area contributed by atoms with E-state index in [1.807, 2.05) is 42.5 Å². The van der Waals surface area contributed by atoms with Crippen molar-refractivity contribution in [3.05, 3.63) is 70.7 Å². The normalized spacial score (nSPS) is 14.2. The molecule has 0 fully saturated rings. The van der Waals surface area contributed by atoms with Crippen LogP contribution in [-0.4, -0.2) is 0 Å². The van der Waals surface area contributed by atoms with Gasteiger partial charge in [-0.3, -0.25) is 0 Å². The summed E-state index contributed by atoms with van der Waals surface area (Å²) in [6.45, 7) is 2.15. The first kappa shape index (κ1) is 13.1. The van der Waals surface area contributed by atoms with Crippen molar-refractivity contribution in [1.29, 1.82) is 0 Å². The van der Waals surface area contributed by atoms with E-state index in [2.05, 4.69) is 19.1 Å². The second-order valence-electron chi connectivity index (χ2n) is 4.59. The summed E-state index contributed by atoms with van der Waals surface area (Å²) in [7, 11) is 0. The molecule has 0 aliphatic rings. The molecule has 2 aromatic rings. The highest BCUT2D eigenvalue weighted by Gasteiger charge is 2.28. The van der Waals surface area contributed by atoms with Gasteiger partial charge in [0.15, 0.2) is 0 Å². The Morgan fingerprint density at radius 3 is 2.06 bits per heavy atom. The molecular formula is C16H18ClN. The Labute approximate surface area is 114 Å². The second-order valence-corrected chi connectivity index (χ2v) is 5.03. The maximum atomic E-state index is 6.66. The van der Waals surface area contributed by atoms with Crippen molar-refractivity contribution in [2.45, 2.75) is 25.3 Å². The van der Waals surface area contributed by atoms with Crippen LogP contribution < -0.4 is 5.73 Å². The van der Waals surface area contributed by atoms with Gasteiger partial charge in [-0.1, -0.05) is 67.4 Å². The smallest absolute Gasteiger partial charge is 0.0665 e. The van der Waals surface area contributed by atoms with Gasteiger partial charge in [-0.25, -0.2) is 0 Å². The van der Waals surface area contributed by atoms with E-state index in [0.717, 1.165) is 29.0 Å². The van der Waals surface area contributed by atoms with E-state index in [1.165, 1.54) is 0 Å². The molecule has 1 atom stereocenters. The zero-order valence-electron chi connectivity index (χ0n) is 10.6. The largest absolute Gasteiger partial charge is 0.318 e. The molecule has 0 spiro atoms. The van der Waals surface area contributed by atoms with Crippen molar-refractivity contribution in [3.63, 3.8) is 0 Å². The third kappa shape index (κ3) is 2.58. The molecule has 18 heavy (non-hydrogen) atoms. The van der Waals surface area contributed by atoms with Gasteiger partial charge in [-0.15, -0.1) is 0 Å². The van der Waals surface area contributed by atoms with Gasteiger partial charge in [0.1, 0.15) is 0 Å². The van der Waals surface area contributed by atoms with Gasteiger partial charge in [0, 0.05) is 5.02 Å². The van der Waals surface area contributed by atoms with E-state index in [-0.39, 0.29) is 0 Å². The fourth-order valence-electron chi connectivity index (χ4n) is 2.33. The summed E-state index contributed by atoms with van der Waals surface area (Å²) in [5, 5.41) is 0.741. The van der Waals surface area contributed by atoms with Crippen LogP contribution in [0.5, 0.6) is 0 Å². The van der Waals surface area contributed by atoms with Crippen LogP contribution in [0.4, 0.5) is 0 Å². The monoisotopic (exact) mass is 259 g/mol. The van der Waals surface area contributed by atoms with E-state index in [0.29, 0.717) is 0 Å². The Morgan fingerprint density at radius 2 is 1.50 bits per heavy atom. The fourth-order valence-corrected chi connectivity index (χ4v) is 2.46. The molecule has 0 bridgehead atoms. The second kappa shape index (κ2) is 5.55. The van der Waals surface area contributed by atoms with Crippen LogP contribution in [0.15, 0.2) is 54.6 Å². The first-order valence-electron chi connectivity index (χ1n) is 6.27. The van der Waals surface area contributed by atoms with Crippen LogP contribution in [0.3, 0.4) is 0 Å². The van der Waals surface area contributed by atoms with Crippen LogP contribution in [0.25, 0.3) is 0 Å².